The summed E-state index contributed by atoms with van der Waals surface area (Å²) in [6.07, 6.45) is -7.19. The molecule has 2 aromatic heterocycles. The third-order valence-corrected chi connectivity index (χ3v) is 3.53. The van der Waals surface area contributed by atoms with Crippen molar-refractivity contribution in [2.45, 2.75) is 39.3 Å². The number of aromatic nitrogens is 4. The number of hydrogen-bond acceptors (Lipinski definition) is 6. The number of carbonyl (C=O) groups excluding carboxylic acids is 1. The summed E-state index contributed by atoms with van der Waals surface area (Å²) < 4.78 is 58.6. The van der Waals surface area contributed by atoms with Gasteiger partial charge in [0.05, 0.1) is 0 Å². The minimum absolute atomic E-state index is 0.0875. The first-order chi connectivity index (χ1) is 12.5. The van der Waals surface area contributed by atoms with Crippen molar-refractivity contribution >= 4 is 5.91 Å². The highest BCUT2D eigenvalue weighted by Crippen LogP contribution is 2.27. The molecular weight excluding hydrogens is 378 g/mol. The fourth-order valence-corrected chi connectivity index (χ4v) is 2.12. The Labute approximate surface area is 149 Å². The van der Waals surface area contributed by atoms with Crippen LogP contribution < -0.4 is 16.2 Å². The van der Waals surface area contributed by atoms with E-state index in [9.17, 15) is 32.3 Å². The molecule has 0 radical (unpaired) electrons. The molecule has 0 fully saturated rings. The van der Waals surface area contributed by atoms with Crippen molar-refractivity contribution in [3.63, 3.8) is 0 Å². The Balaban J connectivity index is 2.66. The molecule has 2 aromatic rings. The lowest BCUT2D eigenvalue weighted by atomic mass is 10.2. The number of primary amides is 1. The van der Waals surface area contributed by atoms with Crippen molar-refractivity contribution in [1.82, 2.24) is 19.3 Å². The van der Waals surface area contributed by atoms with Crippen molar-refractivity contribution in [3.8, 4) is 11.7 Å². The lowest BCUT2D eigenvalue weighted by molar-refractivity contribution is -0.190. The maximum atomic E-state index is 14.4. The number of amides is 1. The summed E-state index contributed by atoms with van der Waals surface area (Å²) in [5.74, 6) is -4.36. The van der Waals surface area contributed by atoms with Crippen LogP contribution in [0.15, 0.2) is 10.9 Å². The fraction of sp³-hybridized carbons (Fsp3) is 0.429. The molecule has 0 saturated heterocycles. The molecule has 2 heterocycles. The number of hydrogen-bond donors (Lipinski definition) is 2. The summed E-state index contributed by atoms with van der Waals surface area (Å²) in [6.45, 7) is 1.65. The Morgan fingerprint density at radius 3 is 2.52 bits per heavy atom. The Morgan fingerprint density at radius 2 is 2.07 bits per heavy atom. The Bertz CT molecular complexity index is 921. The van der Waals surface area contributed by atoms with E-state index in [0.717, 1.165) is 4.57 Å². The summed E-state index contributed by atoms with van der Waals surface area (Å²) in [7, 11) is 0. The van der Waals surface area contributed by atoms with Crippen LogP contribution in [0.1, 0.15) is 30.0 Å². The first kappa shape index (κ1) is 20.4. The van der Waals surface area contributed by atoms with E-state index in [1.165, 1.54) is 0 Å². The zero-order valence-corrected chi connectivity index (χ0v) is 14.1. The van der Waals surface area contributed by atoms with Crippen LogP contribution >= 0.6 is 0 Å². The summed E-state index contributed by atoms with van der Waals surface area (Å²) >= 11 is 0. The molecule has 27 heavy (non-hydrogen) atoms. The maximum absolute atomic E-state index is 14.4. The van der Waals surface area contributed by atoms with Crippen LogP contribution in [-0.2, 0) is 13.2 Å². The van der Waals surface area contributed by atoms with Crippen LogP contribution in [0.4, 0.5) is 17.6 Å². The zero-order chi connectivity index (χ0) is 20.5. The van der Waals surface area contributed by atoms with Gasteiger partial charge in [0.15, 0.2) is 23.6 Å². The van der Waals surface area contributed by atoms with E-state index in [4.69, 9.17) is 5.73 Å². The summed E-state index contributed by atoms with van der Waals surface area (Å²) in [6, 6.07) is 0.499. The largest absolute Gasteiger partial charge is 0.464 e. The van der Waals surface area contributed by atoms with Gasteiger partial charge in [0.2, 0.25) is 5.88 Å². The average Bonchev–Trinajstić information content (AvgIpc) is 2.90. The number of aliphatic hydroxyl groups excluding tert-OH is 1. The van der Waals surface area contributed by atoms with Gasteiger partial charge >= 0.3 is 11.9 Å². The number of ether oxygens (including phenoxy) is 1. The second-order valence-corrected chi connectivity index (χ2v) is 5.33. The molecule has 0 aliphatic carbocycles. The van der Waals surface area contributed by atoms with Crippen LogP contribution in [-0.4, -0.2) is 42.6 Å². The molecule has 0 aromatic carbocycles. The number of halogens is 4. The topological polar surface area (TPSA) is 125 Å². The second-order valence-electron chi connectivity index (χ2n) is 5.33. The van der Waals surface area contributed by atoms with Crippen LogP contribution in [0.3, 0.4) is 0 Å². The van der Waals surface area contributed by atoms with E-state index in [-0.39, 0.29) is 12.4 Å². The Morgan fingerprint density at radius 1 is 1.44 bits per heavy atom. The van der Waals surface area contributed by atoms with Gasteiger partial charge in [-0.15, -0.1) is 5.10 Å². The number of pyridine rings is 1. The summed E-state index contributed by atoms with van der Waals surface area (Å²) in [4.78, 5) is 27.2. The fourth-order valence-electron chi connectivity index (χ4n) is 2.12. The van der Waals surface area contributed by atoms with E-state index in [1.807, 2.05) is 0 Å². The van der Waals surface area contributed by atoms with Gasteiger partial charge < -0.3 is 15.6 Å². The third-order valence-electron chi connectivity index (χ3n) is 3.53. The van der Waals surface area contributed by atoms with Gasteiger partial charge in [-0.25, -0.2) is 9.18 Å². The van der Waals surface area contributed by atoms with Gasteiger partial charge in [-0.05, 0) is 19.9 Å². The molecule has 0 spiro atoms. The minimum atomic E-state index is -4.80. The van der Waals surface area contributed by atoms with Crippen molar-refractivity contribution in [3.05, 3.63) is 33.8 Å². The van der Waals surface area contributed by atoms with Gasteiger partial charge in [-0.1, -0.05) is 0 Å². The molecule has 0 aliphatic rings. The minimum Gasteiger partial charge on any atom is -0.464 e. The van der Waals surface area contributed by atoms with Gasteiger partial charge in [0, 0.05) is 6.54 Å². The van der Waals surface area contributed by atoms with Crippen molar-refractivity contribution in [2.75, 3.05) is 0 Å². The highest BCUT2D eigenvalue weighted by Gasteiger charge is 2.39. The predicted molar refractivity (Wildman–Crippen MR) is 81.8 cm³/mol. The highest BCUT2D eigenvalue weighted by molar-refractivity contribution is 5.95. The lowest BCUT2D eigenvalue weighted by Crippen LogP contribution is -2.33. The zero-order valence-electron chi connectivity index (χ0n) is 14.1. The highest BCUT2D eigenvalue weighted by atomic mass is 19.4. The molecule has 13 heteroatoms. The molecule has 1 amide bonds. The average molecular weight is 393 g/mol. The SMILES string of the molecule is CCn1c(CO)nn(-c2nc(O[C@@H](C)C(F)(F)F)c(C(N)=O)cc2F)c1=O. The number of nitrogens with two attached hydrogens (primary N) is 1. The number of alkyl halides is 3. The molecule has 148 valence electrons. The van der Waals surface area contributed by atoms with Crippen LogP contribution in [0.25, 0.3) is 5.82 Å². The van der Waals surface area contributed by atoms with Gasteiger partial charge in [-0.3, -0.25) is 9.36 Å². The van der Waals surface area contributed by atoms with Gasteiger partial charge in [0.25, 0.3) is 5.91 Å². The van der Waals surface area contributed by atoms with Crippen LogP contribution in [0.5, 0.6) is 5.88 Å². The first-order valence-corrected chi connectivity index (χ1v) is 7.54. The van der Waals surface area contributed by atoms with Crippen molar-refractivity contribution in [1.29, 1.82) is 0 Å². The maximum Gasteiger partial charge on any atom is 0.425 e. The second kappa shape index (κ2) is 7.34. The van der Waals surface area contributed by atoms with E-state index >= 15 is 0 Å². The van der Waals surface area contributed by atoms with Crippen LogP contribution in [0, 0.1) is 5.82 Å². The molecule has 0 saturated carbocycles. The number of rotatable bonds is 6. The van der Waals surface area contributed by atoms with Crippen molar-refractivity contribution < 1.29 is 32.2 Å². The quantitative estimate of drug-likeness (QED) is 0.689. The number of carbonyl (C=O) groups is 1. The monoisotopic (exact) mass is 393 g/mol. The standard InChI is InChI=1S/C14H15F4N5O4/c1-3-22-9(5-24)21-23(13(22)26)11-8(15)4-7(10(19)25)12(20-11)27-6(2)14(16,17)18/h4,6,24H,3,5H2,1-2H3,(H2,19,25)/t6-/m0/s1. The van der Waals surface area contributed by atoms with E-state index < -0.39 is 53.6 Å². The first-order valence-electron chi connectivity index (χ1n) is 7.54. The molecule has 0 unspecified atom stereocenters. The van der Waals surface area contributed by atoms with E-state index in [0.29, 0.717) is 17.7 Å². The molecule has 9 nitrogen and oxygen atoms in total. The van der Waals surface area contributed by atoms with Crippen LogP contribution in [0.2, 0.25) is 0 Å². The normalized spacial score (nSPS) is 12.9. The third kappa shape index (κ3) is 3.92. The predicted octanol–water partition coefficient (Wildman–Crippen LogP) is 0.509. The molecule has 0 bridgehead atoms. The molecule has 3 N–H and O–H groups in total. The summed E-state index contributed by atoms with van der Waals surface area (Å²) in [5, 5.41) is 12.9. The smallest absolute Gasteiger partial charge is 0.425 e. The van der Waals surface area contributed by atoms with Gasteiger partial charge in [0.1, 0.15) is 12.2 Å². The van der Waals surface area contributed by atoms with Crippen molar-refractivity contribution in [2.24, 2.45) is 5.73 Å². The Hall–Kier alpha value is -2.96. The number of nitrogens with zero attached hydrogens (tertiary/aromatic N) is 4. The Kier molecular flexibility index (Phi) is 5.54. The lowest BCUT2D eigenvalue weighted by Gasteiger charge is -2.18. The molecule has 2 rings (SSSR count). The molecular formula is C14H15F4N5O4. The van der Waals surface area contributed by atoms with E-state index in [1.54, 1.807) is 6.92 Å². The van der Waals surface area contributed by atoms with E-state index in [2.05, 4.69) is 14.8 Å². The molecule has 0 aliphatic heterocycles. The van der Waals surface area contributed by atoms with Gasteiger partial charge in [-0.2, -0.15) is 22.8 Å². The number of aliphatic hydroxyl groups is 1. The summed E-state index contributed by atoms with van der Waals surface area (Å²) in [5.41, 5.74) is 3.40. The molecule has 1 atom stereocenters.